The van der Waals surface area contributed by atoms with Gasteiger partial charge in [-0.15, -0.1) is 0 Å². The summed E-state index contributed by atoms with van der Waals surface area (Å²) >= 11 is 6.03. The number of hydrogen-bond acceptors (Lipinski definition) is 4. The van der Waals surface area contributed by atoms with Crippen molar-refractivity contribution in [2.45, 2.75) is 6.92 Å². The summed E-state index contributed by atoms with van der Waals surface area (Å²) in [6.45, 7) is 4.03. The molecule has 7 nitrogen and oxygen atoms in total. The van der Waals surface area contributed by atoms with E-state index in [2.05, 4.69) is 15.5 Å². The van der Waals surface area contributed by atoms with Crippen molar-refractivity contribution in [3.05, 3.63) is 70.4 Å². The predicted octanol–water partition coefficient (Wildman–Crippen LogP) is 3.76. The highest BCUT2D eigenvalue weighted by Crippen LogP contribution is 2.24. The lowest BCUT2D eigenvalue weighted by Crippen LogP contribution is -2.41. The predicted molar refractivity (Wildman–Crippen MR) is 115 cm³/mol. The van der Waals surface area contributed by atoms with Crippen LogP contribution in [0.1, 0.15) is 26.4 Å². The molecule has 0 bridgehead atoms. The summed E-state index contributed by atoms with van der Waals surface area (Å²) in [5.41, 5.74) is 3.62. The highest BCUT2D eigenvalue weighted by molar-refractivity contribution is 6.30. The number of rotatable bonds is 4. The number of aromatic amines is 1. The molecule has 1 fully saturated rings. The van der Waals surface area contributed by atoms with Gasteiger partial charge in [0.1, 0.15) is 5.69 Å². The molecule has 2 N–H and O–H groups in total. The largest absolute Gasteiger partial charge is 0.378 e. The van der Waals surface area contributed by atoms with Crippen molar-refractivity contribution in [2.24, 2.45) is 0 Å². The van der Waals surface area contributed by atoms with Crippen molar-refractivity contribution >= 4 is 29.1 Å². The maximum absolute atomic E-state index is 12.8. The zero-order valence-electron chi connectivity index (χ0n) is 16.4. The van der Waals surface area contributed by atoms with Crippen LogP contribution in [0.5, 0.6) is 0 Å². The molecule has 154 valence electrons. The average molecular weight is 425 g/mol. The fraction of sp³-hybridized carbons (Fsp3) is 0.227. The van der Waals surface area contributed by atoms with Crippen molar-refractivity contribution in [3.8, 4) is 11.3 Å². The van der Waals surface area contributed by atoms with Gasteiger partial charge in [-0.2, -0.15) is 5.10 Å². The van der Waals surface area contributed by atoms with Gasteiger partial charge in [-0.3, -0.25) is 14.7 Å². The van der Waals surface area contributed by atoms with Gasteiger partial charge < -0.3 is 15.0 Å². The van der Waals surface area contributed by atoms with E-state index in [4.69, 9.17) is 16.3 Å². The summed E-state index contributed by atoms with van der Waals surface area (Å²) < 4.78 is 5.31. The van der Waals surface area contributed by atoms with Crippen LogP contribution in [0.3, 0.4) is 0 Å². The van der Waals surface area contributed by atoms with Gasteiger partial charge in [0.15, 0.2) is 0 Å². The third-order valence-electron chi connectivity index (χ3n) is 5.05. The number of aromatic nitrogens is 2. The zero-order chi connectivity index (χ0) is 21.1. The Bertz CT molecular complexity index is 1090. The molecule has 3 aromatic rings. The molecule has 1 saturated heterocycles. The molecule has 0 radical (unpaired) electrons. The molecule has 2 amide bonds. The van der Waals surface area contributed by atoms with E-state index in [9.17, 15) is 9.59 Å². The van der Waals surface area contributed by atoms with Crippen LogP contribution in [0.25, 0.3) is 11.3 Å². The summed E-state index contributed by atoms with van der Waals surface area (Å²) in [4.78, 5) is 27.4. The van der Waals surface area contributed by atoms with E-state index in [1.807, 2.05) is 19.1 Å². The Labute approximate surface area is 179 Å². The van der Waals surface area contributed by atoms with E-state index in [1.165, 1.54) is 0 Å². The second kappa shape index (κ2) is 8.69. The van der Waals surface area contributed by atoms with Gasteiger partial charge >= 0.3 is 0 Å². The minimum atomic E-state index is -0.338. The van der Waals surface area contributed by atoms with Crippen LogP contribution >= 0.6 is 11.6 Å². The second-order valence-corrected chi connectivity index (χ2v) is 7.45. The number of hydrogen-bond donors (Lipinski definition) is 2. The lowest BCUT2D eigenvalue weighted by Gasteiger charge is -2.27. The highest BCUT2D eigenvalue weighted by atomic mass is 35.5. The van der Waals surface area contributed by atoms with Crippen LogP contribution in [0.2, 0.25) is 5.02 Å². The molecular weight excluding hydrogens is 404 g/mol. The van der Waals surface area contributed by atoms with Crippen LogP contribution < -0.4 is 5.32 Å². The Morgan fingerprint density at radius 3 is 2.67 bits per heavy atom. The Balaban J connectivity index is 1.52. The number of carbonyl (C=O) groups excluding carboxylic acids is 2. The van der Waals surface area contributed by atoms with Gasteiger partial charge in [-0.1, -0.05) is 29.8 Å². The maximum atomic E-state index is 12.8. The Morgan fingerprint density at radius 2 is 1.90 bits per heavy atom. The Hall–Kier alpha value is -3.16. The molecule has 4 rings (SSSR count). The summed E-state index contributed by atoms with van der Waals surface area (Å²) in [6, 6.07) is 14.2. The average Bonchev–Trinajstić information content (AvgIpc) is 3.26. The normalized spacial score (nSPS) is 13.9. The van der Waals surface area contributed by atoms with Gasteiger partial charge in [0, 0.05) is 34.9 Å². The van der Waals surface area contributed by atoms with Gasteiger partial charge in [-0.05, 0) is 42.8 Å². The molecule has 1 aromatic heterocycles. The number of carbonyl (C=O) groups is 2. The molecule has 1 aliphatic heterocycles. The van der Waals surface area contributed by atoms with E-state index in [0.717, 1.165) is 11.1 Å². The number of nitrogens with one attached hydrogen (secondary N) is 2. The lowest BCUT2D eigenvalue weighted by atomic mass is 10.0. The molecule has 2 aromatic carbocycles. The van der Waals surface area contributed by atoms with Crippen molar-refractivity contribution in [3.63, 3.8) is 0 Å². The van der Waals surface area contributed by atoms with Crippen LogP contribution in [0.4, 0.5) is 5.69 Å². The highest BCUT2D eigenvalue weighted by Gasteiger charge is 2.21. The number of benzene rings is 2. The van der Waals surface area contributed by atoms with Crippen LogP contribution in [0, 0.1) is 6.92 Å². The Morgan fingerprint density at radius 1 is 1.13 bits per heavy atom. The van der Waals surface area contributed by atoms with Gasteiger partial charge in [0.2, 0.25) is 0 Å². The summed E-state index contributed by atoms with van der Waals surface area (Å²) in [5, 5.41) is 10.4. The van der Waals surface area contributed by atoms with Crippen molar-refractivity contribution in [1.29, 1.82) is 0 Å². The topological polar surface area (TPSA) is 87.3 Å². The van der Waals surface area contributed by atoms with Crippen molar-refractivity contribution in [1.82, 2.24) is 15.1 Å². The molecular formula is C22H21ClN4O3. The van der Waals surface area contributed by atoms with Crippen LogP contribution in [-0.4, -0.2) is 53.2 Å². The number of amides is 2. The molecule has 2 heterocycles. The van der Waals surface area contributed by atoms with Crippen LogP contribution in [0.15, 0.2) is 48.5 Å². The molecule has 0 saturated carbocycles. The number of ether oxygens (including phenoxy) is 1. The van der Waals surface area contributed by atoms with Crippen molar-refractivity contribution in [2.75, 3.05) is 31.6 Å². The van der Waals surface area contributed by atoms with Crippen molar-refractivity contribution < 1.29 is 14.3 Å². The van der Waals surface area contributed by atoms with Crippen LogP contribution in [-0.2, 0) is 4.74 Å². The first-order valence-corrected chi connectivity index (χ1v) is 10.00. The zero-order valence-corrected chi connectivity index (χ0v) is 17.2. The first-order chi connectivity index (χ1) is 14.5. The van der Waals surface area contributed by atoms with E-state index >= 15 is 0 Å². The minimum Gasteiger partial charge on any atom is -0.378 e. The standard InChI is InChI=1S/C22H21ClN4O3/c1-14-17(22(29)27-8-10-30-11-9-27)6-3-7-18(14)24-21(28)20-13-19(25-26-20)15-4-2-5-16(23)12-15/h2-7,12-13H,8-11H2,1H3,(H,24,28)(H,25,26). The summed E-state index contributed by atoms with van der Waals surface area (Å²) in [6.07, 6.45) is 0. The summed E-state index contributed by atoms with van der Waals surface area (Å²) in [7, 11) is 0. The first kappa shape index (κ1) is 20.1. The number of H-pyrrole nitrogens is 1. The molecule has 0 aliphatic carbocycles. The smallest absolute Gasteiger partial charge is 0.273 e. The van der Waals surface area contributed by atoms with E-state index in [0.29, 0.717) is 54.0 Å². The molecule has 1 aliphatic rings. The SMILES string of the molecule is Cc1c(NC(=O)c2cc(-c3cccc(Cl)c3)n[nH]2)cccc1C(=O)N1CCOCC1. The molecule has 8 heteroatoms. The third kappa shape index (κ3) is 4.22. The quantitative estimate of drug-likeness (QED) is 0.667. The minimum absolute atomic E-state index is 0.0586. The lowest BCUT2D eigenvalue weighted by molar-refractivity contribution is 0.0302. The third-order valence-corrected chi connectivity index (χ3v) is 5.29. The van der Waals surface area contributed by atoms with E-state index < -0.39 is 0 Å². The number of halogens is 1. The number of morpholine rings is 1. The number of anilines is 1. The fourth-order valence-corrected chi connectivity index (χ4v) is 3.55. The van der Waals surface area contributed by atoms with Gasteiger partial charge in [-0.25, -0.2) is 0 Å². The van der Waals surface area contributed by atoms with E-state index in [-0.39, 0.29) is 11.8 Å². The fourth-order valence-electron chi connectivity index (χ4n) is 3.36. The number of nitrogens with zero attached hydrogens (tertiary/aromatic N) is 2. The molecule has 0 unspecified atom stereocenters. The first-order valence-electron chi connectivity index (χ1n) is 9.62. The van der Waals surface area contributed by atoms with Gasteiger partial charge in [0.05, 0.1) is 18.9 Å². The Kier molecular flexibility index (Phi) is 5.83. The second-order valence-electron chi connectivity index (χ2n) is 7.01. The molecule has 0 spiro atoms. The molecule has 30 heavy (non-hydrogen) atoms. The maximum Gasteiger partial charge on any atom is 0.273 e. The molecule has 0 atom stereocenters. The van der Waals surface area contributed by atoms with Gasteiger partial charge in [0.25, 0.3) is 11.8 Å². The monoisotopic (exact) mass is 424 g/mol. The summed E-state index contributed by atoms with van der Waals surface area (Å²) in [5.74, 6) is -0.397. The van der Waals surface area contributed by atoms with E-state index in [1.54, 1.807) is 41.3 Å².